The van der Waals surface area contributed by atoms with E-state index in [1.54, 1.807) is 4.90 Å². The Morgan fingerprint density at radius 3 is 2.35 bits per heavy atom. The van der Waals surface area contributed by atoms with Crippen LogP contribution in [-0.2, 0) is 22.4 Å². The lowest BCUT2D eigenvalue weighted by Gasteiger charge is -2.33. The summed E-state index contributed by atoms with van der Waals surface area (Å²) in [4.78, 5) is 40.9. The number of anilines is 1. The normalized spacial score (nSPS) is 19.8. The van der Waals surface area contributed by atoms with Crippen molar-refractivity contribution in [2.24, 2.45) is 0 Å². The second-order valence-electron chi connectivity index (χ2n) is 6.37. The second-order valence-corrected chi connectivity index (χ2v) is 6.37. The Morgan fingerprint density at radius 1 is 0.957 bits per heavy atom. The number of benzene rings is 1. The van der Waals surface area contributed by atoms with Gasteiger partial charge in [-0.1, -0.05) is 0 Å². The summed E-state index contributed by atoms with van der Waals surface area (Å²) in [6, 6.07) is 3.91. The number of rotatable bonds is 2. The third-order valence-corrected chi connectivity index (χ3v) is 5.05. The minimum Gasteiger partial charge on any atom is -0.342 e. The fraction of sp³-hybridized carbons (Fsp3) is 0.471. The van der Waals surface area contributed by atoms with E-state index < -0.39 is 0 Å². The van der Waals surface area contributed by atoms with Crippen LogP contribution in [-0.4, -0.2) is 60.7 Å². The van der Waals surface area contributed by atoms with Gasteiger partial charge in [-0.2, -0.15) is 0 Å². The van der Waals surface area contributed by atoms with Gasteiger partial charge in [0.25, 0.3) is 5.91 Å². The van der Waals surface area contributed by atoms with Gasteiger partial charge in [0.15, 0.2) is 0 Å². The quantitative estimate of drug-likeness (QED) is 0.744. The summed E-state index contributed by atoms with van der Waals surface area (Å²) in [5.41, 5.74) is 4.00. The summed E-state index contributed by atoms with van der Waals surface area (Å²) in [7, 11) is 0. The molecule has 1 fully saturated rings. The van der Waals surface area contributed by atoms with E-state index in [1.165, 1.54) is 0 Å². The topological polar surface area (TPSA) is 60.9 Å². The van der Waals surface area contributed by atoms with E-state index in [0.29, 0.717) is 32.6 Å². The van der Waals surface area contributed by atoms with Crippen molar-refractivity contribution in [1.29, 1.82) is 0 Å². The number of hydrogen-bond acceptors (Lipinski definition) is 3. The maximum absolute atomic E-state index is 12.8. The Labute approximate surface area is 134 Å². The highest BCUT2D eigenvalue weighted by Crippen LogP contribution is 2.37. The fourth-order valence-corrected chi connectivity index (χ4v) is 3.79. The number of piperazine rings is 1. The molecular formula is C17H19N3O3. The Bertz CT molecular complexity index is 693. The predicted octanol–water partition coefficient (Wildman–Crippen LogP) is 0.436. The SMILES string of the molecule is O=CN1CCN(C(=O)c2cc3c4c(c2)CCN4C(=O)CC3)CC1. The lowest BCUT2D eigenvalue weighted by molar-refractivity contribution is -0.119. The molecule has 0 aromatic heterocycles. The third-order valence-electron chi connectivity index (χ3n) is 5.05. The van der Waals surface area contributed by atoms with Gasteiger partial charge in [-0.05, 0) is 36.1 Å². The van der Waals surface area contributed by atoms with Crippen molar-refractivity contribution in [2.75, 3.05) is 37.6 Å². The molecule has 3 heterocycles. The highest BCUT2D eigenvalue weighted by molar-refractivity contribution is 6.01. The average Bonchev–Trinajstić information content (AvgIpc) is 3.03. The lowest BCUT2D eigenvalue weighted by Crippen LogP contribution is -2.48. The van der Waals surface area contributed by atoms with Gasteiger partial charge in [-0.25, -0.2) is 0 Å². The molecule has 0 aliphatic carbocycles. The van der Waals surface area contributed by atoms with E-state index in [4.69, 9.17) is 0 Å². The Morgan fingerprint density at radius 2 is 1.65 bits per heavy atom. The van der Waals surface area contributed by atoms with Gasteiger partial charge in [-0.3, -0.25) is 14.4 Å². The smallest absolute Gasteiger partial charge is 0.253 e. The monoisotopic (exact) mass is 313 g/mol. The van der Waals surface area contributed by atoms with E-state index >= 15 is 0 Å². The van der Waals surface area contributed by atoms with Crippen LogP contribution in [0.1, 0.15) is 27.9 Å². The molecule has 3 aliphatic rings. The Hall–Kier alpha value is -2.37. The molecule has 23 heavy (non-hydrogen) atoms. The molecule has 0 saturated carbocycles. The van der Waals surface area contributed by atoms with Crippen LogP contribution in [0.25, 0.3) is 0 Å². The average molecular weight is 313 g/mol. The van der Waals surface area contributed by atoms with Gasteiger partial charge >= 0.3 is 0 Å². The maximum Gasteiger partial charge on any atom is 0.253 e. The van der Waals surface area contributed by atoms with Crippen molar-refractivity contribution in [1.82, 2.24) is 9.80 Å². The highest BCUT2D eigenvalue weighted by atomic mass is 16.2. The van der Waals surface area contributed by atoms with Crippen LogP contribution < -0.4 is 4.90 Å². The van der Waals surface area contributed by atoms with Crippen molar-refractivity contribution in [3.63, 3.8) is 0 Å². The molecular weight excluding hydrogens is 294 g/mol. The molecule has 0 atom stereocenters. The first-order valence-corrected chi connectivity index (χ1v) is 8.12. The molecule has 3 aliphatic heterocycles. The lowest BCUT2D eigenvalue weighted by atomic mass is 9.96. The summed E-state index contributed by atoms with van der Waals surface area (Å²) >= 11 is 0. The van der Waals surface area contributed by atoms with E-state index in [0.717, 1.165) is 48.2 Å². The molecule has 0 bridgehead atoms. The summed E-state index contributed by atoms with van der Waals surface area (Å²) in [6.45, 7) is 3.07. The van der Waals surface area contributed by atoms with Crippen molar-refractivity contribution < 1.29 is 14.4 Å². The van der Waals surface area contributed by atoms with Crippen molar-refractivity contribution in [3.8, 4) is 0 Å². The molecule has 0 spiro atoms. The van der Waals surface area contributed by atoms with Crippen LogP contribution in [0.5, 0.6) is 0 Å². The van der Waals surface area contributed by atoms with E-state index in [-0.39, 0.29) is 11.8 Å². The maximum atomic E-state index is 12.8. The summed E-state index contributed by atoms with van der Waals surface area (Å²) in [6.07, 6.45) is 2.92. The zero-order valence-electron chi connectivity index (χ0n) is 13.0. The molecule has 0 unspecified atom stereocenters. The molecule has 0 radical (unpaired) electrons. The van der Waals surface area contributed by atoms with Crippen LogP contribution in [0.2, 0.25) is 0 Å². The molecule has 6 nitrogen and oxygen atoms in total. The molecule has 1 aromatic rings. The third kappa shape index (κ3) is 2.29. The standard InChI is InChI=1S/C17H19N3O3/c21-11-18-5-7-19(8-6-18)17(23)14-9-12-1-2-15(22)20-4-3-13(10-14)16(12)20/h9-11H,1-8H2. The van der Waals surface area contributed by atoms with Crippen LogP contribution >= 0.6 is 0 Å². The van der Waals surface area contributed by atoms with Gasteiger partial charge in [0.1, 0.15) is 0 Å². The first-order valence-electron chi connectivity index (χ1n) is 8.12. The summed E-state index contributed by atoms with van der Waals surface area (Å²) in [5, 5.41) is 0. The zero-order valence-corrected chi connectivity index (χ0v) is 13.0. The van der Waals surface area contributed by atoms with Crippen LogP contribution in [0.15, 0.2) is 12.1 Å². The molecule has 1 saturated heterocycles. The summed E-state index contributed by atoms with van der Waals surface area (Å²) < 4.78 is 0. The molecule has 120 valence electrons. The van der Waals surface area contributed by atoms with Crippen molar-refractivity contribution >= 4 is 23.9 Å². The minimum atomic E-state index is 0.0324. The zero-order chi connectivity index (χ0) is 16.0. The van der Waals surface area contributed by atoms with Gasteiger partial charge in [0.2, 0.25) is 12.3 Å². The minimum absolute atomic E-state index is 0.0324. The number of carbonyl (C=O) groups is 3. The van der Waals surface area contributed by atoms with Gasteiger partial charge in [0, 0.05) is 44.7 Å². The van der Waals surface area contributed by atoms with E-state index in [1.807, 2.05) is 21.9 Å². The highest BCUT2D eigenvalue weighted by Gasteiger charge is 2.32. The van der Waals surface area contributed by atoms with Crippen LogP contribution in [0, 0.1) is 0 Å². The largest absolute Gasteiger partial charge is 0.342 e. The first-order chi connectivity index (χ1) is 11.2. The van der Waals surface area contributed by atoms with E-state index in [9.17, 15) is 14.4 Å². The molecule has 1 aromatic carbocycles. The Balaban J connectivity index is 1.60. The van der Waals surface area contributed by atoms with Crippen LogP contribution in [0.4, 0.5) is 5.69 Å². The fourth-order valence-electron chi connectivity index (χ4n) is 3.79. The molecule has 3 amide bonds. The van der Waals surface area contributed by atoms with Gasteiger partial charge < -0.3 is 14.7 Å². The second kappa shape index (κ2) is 5.37. The summed E-state index contributed by atoms with van der Waals surface area (Å²) in [5.74, 6) is 0.227. The van der Waals surface area contributed by atoms with Crippen molar-refractivity contribution in [2.45, 2.75) is 19.3 Å². The number of hydrogen-bond donors (Lipinski definition) is 0. The van der Waals surface area contributed by atoms with Gasteiger partial charge in [-0.15, -0.1) is 0 Å². The van der Waals surface area contributed by atoms with Crippen LogP contribution in [0.3, 0.4) is 0 Å². The Kier molecular flexibility index (Phi) is 3.32. The van der Waals surface area contributed by atoms with Gasteiger partial charge in [0.05, 0.1) is 5.69 Å². The number of amides is 3. The number of aryl methyl sites for hydroxylation is 1. The molecule has 0 N–H and O–H groups in total. The number of nitrogens with zero attached hydrogens (tertiary/aromatic N) is 3. The molecule has 4 rings (SSSR count). The predicted molar refractivity (Wildman–Crippen MR) is 84.4 cm³/mol. The van der Waals surface area contributed by atoms with Crippen molar-refractivity contribution in [3.05, 3.63) is 28.8 Å². The van der Waals surface area contributed by atoms with E-state index in [2.05, 4.69) is 0 Å². The molecule has 6 heteroatoms. The number of carbonyl (C=O) groups excluding carboxylic acids is 3. The first kappa shape index (κ1) is 14.2.